The third kappa shape index (κ3) is 3.79. The number of rotatable bonds is 4. The van der Waals surface area contributed by atoms with Gasteiger partial charge in [-0.05, 0) is 43.2 Å². The van der Waals surface area contributed by atoms with E-state index in [4.69, 9.17) is 0 Å². The Morgan fingerprint density at radius 2 is 1.65 bits per heavy atom. The van der Waals surface area contributed by atoms with Gasteiger partial charge in [0, 0.05) is 38.3 Å². The van der Waals surface area contributed by atoms with E-state index in [9.17, 15) is 17.2 Å². The van der Waals surface area contributed by atoms with Gasteiger partial charge in [0.1, 0.15) is 0 Å². The molecule has 0 bridgehead atoms. The zero-order valence-corrected chi connectivity index (χ0v) is 15.7. The highest BCUT2D eigenvalue weighted by molar-refractivity contribution is 7.89. The largest absolute Gasteiger partial charge is 0.296 e. The second-order valence-corrected chi connectivity index (χ2v) is 8.58. The number of hydrogen-bond acceptors (Lipinski definition) is 3. The summed E-state index contributed by atoms with van der Waals surface area (Å²) in [6.07, 6.45) is 0. The molecule has 1 aliphatic rings. The number of benzene rings is 2. The Bertz CT molecular complexity index is 908. The smallest absolute Gasteiger partial charge is 0.243 e. The van der Waals surface area contributed by atoms with Crippen LogP contribution in [0.1, 0.15) is 16.7 Å². The number of hydrogen-bond donors (Lipinski definition) is 0. The summed E-state index contributed by atoms with van der Waals surface area (Å²) in [6, 6.07) is 9.26. The minimum absolute atomic E-state index is 0.265. The van der Waals surface area contributed by atoms with Gasteiger partial charge in [0.05, 0.1) is 4.90 Å². The zero-order valence-electron chi connectivity index (χ0n) is 14.9. The molecule has 1 heterocycles. The van der Waals surface area contributed by atoms with Gasteiger partial charge in [-0.15, -0.1) is 0 Å². The van der Waals surface area contributed by atoms with E-state index in [1.165, 1.54) is 10.4 Å². The van der Waals surface area contributed by atoms with Crippen molar-refractivity contribution in [1.29, 1.82) is 0 Å². The predicted octanol–water partition coefficient (Wildman–Crippen LogP) is 3.09. The van der Waals surface area contributed by atoms with Crippen molar-refractivity contribution >= 4 is 10.0 Å². The molecule has 1 aliphatic heterocycles. The summed E-state index contributed by atoms with van der Waals surface area (Å²) in [7, 11) is -3.54. The molecule has 0 saturated carbocycles. The van der Waals surface area contributed by atoms with Gasteiger partial charge in [0.2, 0.25) is 10.0 Å². The standard InChI is InChI=1S/C19H22F2N2O2S/c1-14-6-7-17(12-15(14)2)26(24,25)23-10-8-22(9-11-23)13-16-4-3-5-18(20)19(16)21/h3-7,12H,8-11,13H2,1-2H3. The van der Waals surface area contributed by atoms with Gasteiger partial charge < -0.3 is 0 Å². The quantitative estimate of drug-likeness (QED) is 0.819. The molecule has 2 aromatic carbocycles. The van der Waals surface area contributed by atoms with Crippen LogP contribution in [0.4, 0.5) is 8.78 Å². The maximum Gasteiger partial charge on any atom is 0.243 e. The van der Waals surface area contributed by atoms with Gasteiger partial charge in [-0.1, -0.05) is 18.2 Å². The van der Waals surface area contributed by atoms with Crippen molar-refractivity contribution in [3.8, 4) is 0 Å². The van der Waals surface area contributed by atoms with Gasteiger partial charge in [-0.2, -0.15) is 4.31 Å². The summed E-state index contributed by atoms with van der Waals surface area (Å²) in [4.78, 5) is 2.23. The Hall–Kier alpha value is -1.83. The van der Waals surface area contributed by atoms with E-state index >= 15 is 0 Å². The van der Waals surface area contributed by atoms with Gasteiger partial charge in [0.25, 0.3) is 0 Å². The molecule has 2 aromatic rings. The summed E-state index contributed by atoms with van der Waals surface area (Å²) >= 11 is 0. The molecule has 1 fully saturated rings. The average molecular weight is 380 g/mol. The van der Waals surface area contributed by atoms with Crippen molar-refractivity contribution < 1.29 is 17.2 Å². The molecule has 1 saturated heterocycles. The second-order valence-electron chi connectivity index (χ2n) is 6.64. The van der Waals surface area contributed by atoms with Crippen molar-refractivity contribution in [3.63, 3.8) is 0 Å². The van der Waals surface area contributed by atoms with E-state index in [1.54, 1.807) is 18.2 Å². The lowest BCUT2D eigenvalue weighted by Gasteiger charge is -2.34. The summed E-state index contributed by atoms with van der Waals surface area (Å²) in [5, 5.41) is 0. The maximum absolute atomic E-state index is 13.8. The monoisotopic (exact) mass is 380 g/mol. The average Bonchev–Trinajstić information content (AvgIpc) is 2.62. The lowest BCUT2D eigenvalue weighted by atomic mass is 10.1. The first-order chi connectivity index (χ1) is 12.3. The molecule has 0 aliphatic carbocycles. The van der Waals surface area contributed by atoms with Crippen LogP contribution in [-0.2, 0) is 16.6 Å². The van der Waals surface area contributed by atoms with E-state index < -0.39 is 21.7 Å². The van der Waals surface area contributed by atoms with Crippen LogP contribution in [0.25, 0.3) is 0 Å². The minimum Gasteiger partial charge on any atom is -0.296 e. The number of sulfonamides is 1. The van der Waals surface area contributed by atoms with Gasteiger partial charge in [-0.3, -0.25) is 4.90 Å². The molecule has 140 valence electrons. The van der Waals surface area contributed by atoms with Crippen molar-refractivity contribution in [3.05, 3.63) is 64.7 Å². The molecule has 0 N–H and O–H groups in total. The highest BCUT2D eigenvalue weighted by Gasteiger charge is 2.29. The normalized spacial score (nSPS) is 16.8. The Kier molecular flexibility index (Phi) is 5.41. The first-order valence-corrected chi connectivity index (χ1v) is 9.95. The van der Waals surface area contributed by atoms with Crippen LogP contribution in [-0.4, -0.2) is 43.8 Å². The van der Waals surface area contributed by atoms with E-state index in [2.05, 4.69) is 0 Å². The molecule has 4 nitrogen and oxygen atoms in total. The molecule has 0 unspecified atom stereocenters. The van der Waals surface area contributed by atoms with E-state index in [1.807, 2.05) is 24.8 Å². The van der Waals surface area contributed by atoms with Crippen molar-refractivity contribution in [2.75, 3.05) is 26.2 Å². The Balaban J connectivity index is 1.67. The van der Waals surface area contributed by atoms with Crippen LogP contribution < -0.4 is 0 Å². The molecule has 0 atom stereocenters. The fraction of sp³-hybridized carbons (Fsp3) is 0.368. The van der Waals surface area contributed by atoms with E-state index in [0.29, 0.717) is 31.1 Å². The minimum atomic E-state index is -3.54. The molecular weight excluding hydrogens is 358 g/mol. The Morgan fingerprint density at radius 1 is 0.962 bits per heavy atom. The molecule has 0 radical (unpaired) electrons. The third-order valence-corrected chi connectivity index (χ3v) is 6.77. The van der Waals surface area contributed by atoms with Crippen LogP contribution in [0, 0.1) is 25.5 Å². The summed E-state index contributed by atoms with van der Waals surface area (Å²) in [6.45, 7) is 5.69. The fourth-order valence-corrected chi connectivity index (χ4v) is 4.57. The van der Waals surface area contributed by atoms with Gasteiger partial charge >= 0.3 is 0 Å². The maximum atomic E-state index is 13.8. The number of nitrogens with zero attached hydrogens (tertiary/aromatic N) is 2. The SMILES string of the molecule is Cc1ccc(S(=O)(=O)N2CCN(Cc3cccc(F)c3F)CC2)cc1C. The van der Waals surface area contributed by atoms with Crippen LogP contribution in [0.5, 0.6) is 0 Å². The summed E-state index contributed by atoms with van der Waals surface area (Å²) < 4.78 is 54.2. The van der Waals surface area contributed by atoms with Crippen molar-refractivity contribution in [2.24, 2.45) is 0 Å². The Labute approximate surface area is 153 Å². The lowest BCUT2D eigenvalue weighted by Crippen LogP contribution is -2.48. The molecule has 3 rings (SSSR count). The first-order valence-electron chi connectivity index (χ1n) is 8.51. The lowest BCUT2D eigenvalue weighted by molar-refractivity contribution is 0.179. The molecule has 0 aromatic heterocycles. The summed E-state index contributed by atoms with van der Waals surface area (Å²) in [5.41, 5.74) is 2.27. The highest BCUT2D eigenvalue weighted by Crippen LogP contribution is 2.21. The van der Waals surface area contributed by atoms with Gasteiger partial charge in [0.15, 0.2) is 11.6 Å². The van der Waals surface area contributed by atoms with Crippen molar-refractivity contribution in [1.82, 2.24) is 9.21 Å². The van der Waals surface area contributed by atoms with Crippen molar-refractivity contribution in [2.45, 2.75) is 25.3 Å². The number of piperazine rings is 1. The van der Waals surface area contributed by atoms with Crippen LogP contribution in [0.2, 0.25) is 0 Å². The first kappa shape index (κ1) is 18.9. The zero-order chi connectivity index (χ0) is 18.9. The summed E-state index contributed by atoms with van der Waals surface area (Å²) in [5.74, 6) is -1.70. The van der Waals surface area contributed by atoms with Crippen LogP contribution >= 0.6 is 0 Å². The third-order valence-electron chi connectivity index (χ3n) is 4.87. The molecule has 0 spiro atoms. The van der Waals surface area contributed by atoms with Crippen LogP contribution in [0.15, 0.2) is 41.3 Å². The van der Waals surface area contributed by atoms with E-state index in [0.717, 1.165) is 17.2 Å². The Morgan fingerprint density at radius 3 is 2.31 bits per heavy atom. The number of aryl methyl sites for hydroxylation is 2. The topological polar surface area (TPSA) is 40.6 Å². The van der Waals surface area contributed by atoms with E-state index in [-0.39, 0.29) is 12.1 Å². The predicted molar refractivity (Wildman–Crippen MR) is 96.3 cm³/mol. The molecule has 7 heteroatoms. The molecular formula is C19H22F2N2O2S. The fourth-order valence-electron chi connectivity index (χ4n) is 3.06. The second kappa shape index (κ2) is 7.42. The molecule has 26 heavy (non-hydrogen) atoms. The molecule has 0 amide bonds. The highest BCUT2D eigenvalue weighted by atomic mass is 32.2. The number of halogens is 2. The van der Waals surface area contributed by atoms with Crippen LogP contribution in [0.3, 0.4) is 0 Å². The van der Waals surface area contributed by atoms with Gasteiger partial charge in [-0.25, -0.2) is 17.2 Å².